The minimum absolute atomic E-state index is 0.0473. The van der Waals surface area contributed by atoms with Gasteiger partial charge in [0.1, 0.15) is 6.07 Å². The van der Waals surface area contributed by atoms with Crippen molar-refractivity contribution in [2.45, 2.75) is 0 Å². The molecule has 0 fully saturated rings. The number of carboxylic acids is 1. The van der Waals surface area contributed by atoms with Crippen molar-refractivity contribution in [2.24, 2.45) is 0 Å². The van der Waals surface area contributed by atoms with Crippen molar-refractivity contribution in [2.75, 3.05) is 20.2 Å². The second-order valence-electron chi connectivity index (χ2n) is 3.93. The molecule has 0 aliphatic rings. The Morgan fingerprint density at radius 3 is 2.14 bits per heavy atom. The molecule has 0 aliphatic carbocycles. The van der Waals surface area contributed by atoms with Crippen LogP contribution in [0.3, 0.4) is 0 Å². The van der Waals surface area contributed by atoms with Crippen LogP contribution in [0.5, 0.6) is 0 Å². The highest BCUT2D eigenvalue weighted by molar-refractivity contribution is 14.1. The molecule has 2 N–H and O–H groups in total. The van der Waals surface area contributed by atoms with Gasteiger partial charge in [-0.1, -0.05) is 0 Å². The zero-order chi connectivity index (χ0) is 16.3. The number of benzene rings is 1. The van der Waals surface area contributed by atoms with E-state index < -0.39 is 11.9 Å². The van der Waals surface area contributed by atoms with Crippen LogP contribution in [0.2, 0.25) is 0 Å². The van der Waals surface area contributed by atoms with E-state index in [0.717, 1.165) is 0 Å². The summed E-state index contributed by atoms with van der Waals surface area (Å²) in [6.07, 6.45) is 0. The van der Waals surface area contributed by atoms with Crippen LogP contribution < -0.4 is 0 Å². The number of likely N-dealkylation sites (N-methyl/N-ethyl adjacent to an activating group) is 1. The molecule has 0 aliphatic heterocycles. The second kappa shape index (κ2) is 7.88. The minimum atomic E-state index is -1.18. The SMILES string of the molecule is CN(CCO)C(=O)c1c(I)c(C#N)c(I)c(C(=O)O)c1I. The smallest absolute Gasteiger partial charge is 0.337 e. The maximum atomic E-state index is 12.4. The number of carbonyl (C=O) groups excluding carboxylic acids is 1. The summed E-state index contributed by atoms with van der Waals surface area (Å²) in [7, 11) is 1.51. The van der Waals surface area contributed by atoms with Crippen LogP contribution in [0.1, 0.15) is 26.3 Å². The molecule has 0 heterocycles. The fraction of sp³-hybridized carbons (Fsp3) is 0.250. The maximum Gasteiger partial charge on any atom is 0.337 e. The highest BCUT2D eigenvalue weighted by atomic mass is 127. The lowest BCUT2D eigenvalue weighted by Gasteiger charge is -2.20. The number of hydrogen-bond donors (Lipinski definition) is 2. The van der Waals surface area contributed by atoms with E-state index in [1.165, 1.54) is 11.9 Å². The molecule has 21 heavy (non-hydrogen) atoms. The molecule has 0 radical (unpaired) electrons. The molecule has 0 saturated carbocycles. The predicted octanol–water partition coefficient (Wildman–Crippen LogP) is 2.13. The van der Waals surface area contributed by atoms with E-state index in [2.05, 4.69) is 0 Å². The van der Waals surface area contributed by atoms with Crippen LogP contribution in [-0.4, -0.2) is 47.2 Å². The molecule has 0 atom stereocenters. The van der Waals surface area contributed by atoms with Gasteiger partial charge in [0, 0.05) is 24.3 Å². The molecule has 112 valence electrons. The summed E-state index contributed by atoms with van der Waals surface area (Å²) in [4.78, 5) is 25.1. The molecule has 0 spiro atoms. The van der Waals surface area contributed by atoms with E-state index in [4.69, 9.17) is 5.11 Å². The molecule has 1 amide bonds. The van der Waals surface area contributed by atoms with Gasteiger partial charge in [-0.2, -0.15) is 5.26 Å². The Morgan fingerprint density at radius 2 is 1.71 bits per heavy atom. The summed E-state index contributed by atoms with van der Waals surface area (Å²) in [6, 6.07) is 1.95. The van der Waals surface area contributed by atoms with E-state index >= 15 is 0 Å². The fourth-order valence-electron chi connectivity index (χ4n) is 1.58. The second-order valence-corrected chi connectivity index (χ2v) is 7.17. The topological polar surface area (TPSA) is 102 Å². The number of carbonyl (C=O) groups is 2. The lowest BCUT2D eigenvalue weighted by Crippen LogP contribution is -2.31. The van der Waals surface area contributed by atoms with Crippen LogP contribution in [0.4, 0.5) is 0 Å². The first-order valence-electron chi connectivity index (χ1n) is 5.48. The summed E-state index contributed by atoms with van der Waals surface area (Å²) in [5, 5.41) is 27.5. The summed E-state index contributed by atoms with van der Waals surface area (Å²) in [6.45, 7) is -0.0715. The minimum Gasteiger partial charge on any atom is -0.478 e. The normalized spacial score (nSPS) is 10.1. The molecular weight excluding hydrogens is 617 g/mol. The Balaban J connectivity index is 3.67. The molecule has 0 saturated heterocycles. The number of amides is 1. The summed E-state index contributed by atoms with van der Waals surface area (Å²) in [5.41, 5.74) is 0.310. The number of rotatable bonds is 4. The molecule has 0 bridgehead atoms. The highest BCUT2D eigenvalue weighted by Gasteiger charge is 2.28. The zero-order valence-corrected chi connectivity index (χ0v) is 17.1. The Hall–Kier alpha value is -0.200. The Labute approximate surface area is 161 Å². The number of carboxylic acid groups (broad SMARTS) is 1. The third-order valence-electron chi connectivity index (χ3n) is 2.64. The molecular formula is C12H9I3N2O4. The lowest BCUT2D eigenvalue weighted by atomic mass is 10.1. The third-order valence-corrected chi connectivity index (χ3v) is 5.87. The van der Waals surface area contributed by atoms with Crippen molar-refractivity contribution in [1.29, 1.82) is 5.26 Å². The van der Waals surface area contributed by atoms with Crippen LogP contribution in [-0.2, 0) is 0 Å². The van der Waals surface area contributed by atoms with Crippen LogP contribution in [0.15, 0.2) is 0 Å². The quantitative estimate of drug-likeness (QED) is 0.500. The summed E-state index contributed by atoms with van der Waals surface area (Å²) >= 11 is 5.49. The molecule has 1 rings (SSSR count). The number of hydrogen-bond acceptors (Lipinski definition) is 4. The van der Waals surface area contributed by atoms with Gasteiger partial charge in [0.15, 0.2) is 0 Å². The monoisotopic (exact) mass is 626 g/mol. The zero-order valence-electron chi connectivity index (χ0n) is 10.7. The maximum absolute atomic E-state index is 12.4. The van der Waals surface area contributed by atoms with Gasteiger partial charge in [0.25, 0.3) is 5.91 Å². The van der Waals surface area contributed by atoms with Crippen molar-refractivity contribution in [1.82, 2.24) is 4.90 Å². The van der Waals surface area contributed by atoms with E-state index in [9.17, 15) is 20.0 Å². The molecule has 1 aromatic rings. The number of halogens is 3. The molecule has 0 unspecified atom stereocenters. The van der Waals surface area contributed by atoms with Crippen molar-refractivity contribution < 1.29 is 19.8 Å². The van der Waals surface area contributed by atoms with E-state index in [1.54, 1.807) is 22.6 Å². The Kier molecular flexibility index (Phi) is 7.07. The summed E-state index contributed by atoms with van der Waals surface area (Å²) in [5.74, 6) is -1.61. The highest BCUT2D eigenvalue weighted by Crippen LogP contribution is 2.32. The van der Waals surface area contributed by atoms with Crippen molar-refractivity contribution in [3.8, 4) is 6.07 Å². The van der Waals surface area contributed by atoms with Gasteiger partial charge in [0.2, 0.25) is 0 Å². The van der Waals surface area contributed by atoms with Crippen molar-refractivity contribution in [3.05, 3.63) is 27.4 Å². The standard InChI is InChI=1S/C12H9I3N2O4/c1-17(2-3-18)11(19)6-8(13)5(4-16)9(14)7(10(6)15)12(20)21/h18H,2-3H2,1H3,(H,20,21). The number of aliphatic hydroxyl groups is 1. The van der Waals surface area contributed by atoms with Gasteiger partial charge >= 0.3 is 5.97 Å². The van der Waals surface area contributed by atoms with Gasteiger partial charge in [0.05, 0.1) is 23.3 Å². The molecule has 0 aromatic heterocycles. The first kappa shape index (κ1) is 18.8. The molecule has 9 heteroatoms. The average molecular weight is 626 g/mol. The summed E-state index contributed by atoms with van der Waals surface area (Å²) < 4.78 is 1.03. The van der Waals surface area contributed by atoms with Gasteiger partial charge in [-0.15, -0.1) is 0 Å². The number of aromatic carboxylic acids is 1. The number of nitriles is 1. The number of nitrogens with zero attached hydrogens (tertiary/aromatic N) is 2. The average Bonchev–Trinajstić information content (AvgIpc) is 2.38. The molecule has 6 nitrogen and oxygen atoms in total. The number of aliphatic hydroxyl groups excluding tert-OH is 1. The van der Waals surface area contributed by atoms with Gasteiger partial charge < -0.3 is 15.1 Å². The van der Waals surface area contributed by atoms with E-state index in [1.807, 2.05) is 51.3 Å². The van der Waals surface area contributed by atoms with E-state index in [0.29, 0.717) is 10.7 Å². The van der Waals surface area contributed by atoms with Crippen LogP contribution >= 0.6 is 67.8 Å². The third kappa shape index (κ3) is 3.77. The molecule has 1 aromatic carbocycles. The predicted molar refractivity (Wildman–Crippen MR) is 100 cm³/mol. The van der Waals surface area contributed by atoms with Crippen LogP contribution in [0.25, 0.3) is 0 Å². The largest absolute Gasteiger partial charge is 0.478 e. The first-order valence-corrected chi connectivity index (χ1v) is 8.71. The fourth-order valence-corrected chi connectivity index (χ4v) is 5.91. The Morgan fingerprint density at radius 1 is 1.19 bits per heavy atom. The van der Waals surface area contributed by atoms with E-state index in [-0.39, 0.29) is 29.8 Å². The van der Waals surface area contributed by atoms with Crippen molar-refractivity contribution >= 4 is 79.6 Å². The van der Waals surface area contributed by atoms with Crippen molar-refractivity contribution in [3.63, 3.8) is 0 Å². The van der Waals surface area contributed by atoms with Crippen LogP contribution in [0, 0.1) is 22.0 Å². The lowest BCUT2D eigenvalue weighted by molar-refractivity contribution is 0.0694. The first-order chi connectivity index (χ1) is 9.77. The van der Waals surface area contributed by atoms with Gasteiger partial charge in [-0.05, 0) is 67.8 Å². The van der Waals surface area contributed by atoms with Gasteiger partial charge in [-0.3, -0.25) is 4.79 Å². The Bertz CT molecular complexity index is 655. The van der Waals surface area contributed by atoms with Gasteiger partial charge in [-0.25, -0.2) is 4.79 Å².